The molecule has 1 aliphatic heterocycles. The molecule has 1 atom stereocenters. The van der Waals surface area contributed by atoms with Crippen LogP contribution in [0.25, 0.3) is 0 Å². The molecule has 8 heteroatoms. The van der Waals surface area contributed by atoms with Gasteiger partial charge in [-0.1, -0.05) is 18.2 Å². The van der Waals surface area contributed by atoms with Crippen molar-refractivity contribution < 1.29 is 19.1 Å². The highest BCUT2D eigenvalue weighted by Crippen LogP contribution is 2.32. The van der Waals surface area contributed by atoms with E-state index in [0.717, 1.165) is 11.1 Å². The summed E-state index contributed by atoms with van der Waals surface area (Å²) >= 11 is 0. The van der Waals surface area contributed by atoms with Gasteiger partial charge in [-0.25, -0.2) is 9.59 Å². The zero-order valence-corrected chi connectivity index (χ0v) is 14.2. The molecular weight excluding hydrogens is 336 g/mol. The molecule has 3 rings (SSSR count). The molecule has 136 valence electrons. The fourth-order valence-electron chi connectivity index (χ4n) is 2.56. The molecule has 2 aromatic carbocycles. The zero-order valence-electron chi connectivity index (χ0n) is 14.2. The van der Waals surface area contributed by atoms with Crippen LogP contribution in [0.1, 0.15) is 24.1 Å². The fourth-order valence-corrected chi connectivity index (χ4v) is 2.56. The number of primary amides is 1. The van der Waals surface area contributed by atoms with Crippen LogP contribution >= 0.6 is 0 Å². The van der Waals surface area contributed by atoms with Crippen molar-refractivity contribution in [2.75, 3.05) is 12.1 Å². The summed E-state index contributed by atoms with van der Waals surface area (Å²) in [6.45, 7) is 2.46. The SMILES string of the molecule is C[C@@H](NC(=O)NCc1ccc2c(c1)OCO2)c1ccc(NC(N)=O)cc1. The lowest BCUT2D eigenvalue weighted by Crippen LogP contribution is -2.36. The van der Waals surface area contributed by atoms with E-state index < -0.39 is 6.03 Å². The number of anilines is 1. The molecule has 1 aliphatic rings. The van der Waals surface area contributed by atoms with Crippen molar-refractivity contribution in [3.05, 3.63) is 53.6 Å². The van der Waals surface area contributed by atoms with Crippen molar-refractivity contribution in [1.82, 2.24) is 10.6 Å². The number of fused-ring (bicyclic) bond motifs is 1. The molecular formula is C18H20N4O4. The highest BCUT2D eigenvalue weighted by molar-refractivity contribution is 5.87. The summed E-state index contributed by atoms with van der Waals surface area (Å²) in [6.07, 6.45) is 0. The van der Waals surface area contributed by atoms with E-state index in [2.05, 4.69) is 16.0 Å². The van der Waals surface area contributed by atoms with Crippen molar-refractivity contribution >= 4 is 17.7 Å². The predicted molar refractivity (Wildman–Crippen MR) is 96.0 cm³/mol. The third-order valence-electron chi connectivity index (χ3n) is 3.92. The summed E-state index contributed by atoms with van der Waals surface area (Å²) in [7, 11) is 0. The molecule has 0 unspecified atom stereocenters. The number of urea groups is 2. The van der Waals surface area contributed by atoms with E-state index in [1.807, 2.05) is 37.3 Å². The Balaban J connectivity index is 1.50. The number of nitrogens with one attached hydrogen (secondary N) is 3. The molecule has 0 aromatic heterocycles. The van der Waals surface area contributed by atoms with Crippen molar-refractivity contribution in [1.29, 1.82) is 0 Å². The summed E-state index contributed by atoms with van der Waals surface area (Å²) in [5, 5.41) is 8.16. The smallest absolute Gasteiger partial charge is 0.316 e. The van der Waals surface area contributed by atoms with Crippen molar-refractivity contribution in [3.8, 4) is 11.5 Å². The van der Waals surface area contributed by atoms with E-state index in [-0.39, 0.29) is 18.9 Å². The number of benzene rings is 2. The maximum atomic E-state index is 12.1. The number of rotatable bonds is 5. The number of hydrogen-bond donors (Lipinski definition) is 4. The normalized spacial score (nSPS) is 13.0. The maximum absolute atomic E-state index is 12.1. The van der Waals surface area contributed by atoms with E-state index in [4.69, 9.17) is 15.2 Å². The van der Waals surface area contributed by atoms with Crippen LogP contribution in [0.3, 0.4) is 0 Å². The van der Waals surface area contributed by atoms with Crippen molar-refractivity contribution in [3.63, 3.8) is 0 Å². The minimum atomic E-state index is -0.619. The molecule has 8 nitrogen and oxygen atoms in total. The Morgan fingerprint density at radius 2 is 1.85 bits per heavy atom. The zero-order chi connectivity index (χ0) is 18.5. The first-order valence-corrected chi connectivity index (χ1v) is 8.10. The second-order valence-electron chi connectivity index (χ2n) is 5.85. The van der Waals surface area contributed by atoms with Gasteiger partial charge in [0, 0.05) is 12.2 Å². The Hall–Kier alpha value is -3.42. The highest BCUT2D eigenvalue weighted by Gasteiger charge is 2.14. The number of amides is 4. The van der Waals surface area contributed by atoms with Crippen molar-refractivity contribution in [2.24, 2.45) is 5.73 Å². The van der Waals surface area contributed by atoms with Gasteiger partial charge in [-0.15, -0.1) is 0 Å². The highest BCUT2D eigenvalue weighted by atomic mass is 16.7. The summed E-state index contributed by atoms with van der Waals surface area (Å²) < 4.78 is 10.6. The molecule has 5 N–H and O–H groups in total. The first-order valence-electron chi connectivity index (χ1n) is 8.10. The van der Waals surface area contributed by atoms with Crippen LogP contribution in [0.5, 0.6) is 11.5 Å². The van der Waals surface area contributed by atoms with Crippen LogP contribution in [-0.4, -0.2) is 18.9 Å². The fraction of sp³-hybridized carbons (Fsp3) is 0.222. The van der Waals surface area contributed by atoms with Gasteiger partial charge >= 0.3 is 12.1 Å². The van der Waals surface area contributed by atoms with Gasteiger partial charge < -0.3 is 31.2 Å². The molecule has 0 radical (unpaired) electrons. The van der Waals surface area contributed by atoms with E-state index in [0.29, 0.717) is 23.7 Å². The molecule has 2 aromatic rings. The predicted octanol–water partition coefficient (Wildman–Crippen LogP) is 2.47. The average molecular weight is 356 g/mol. The van der Waals surface area contributed by atoms with Gasteiger partial charge in [0.2, 0.25) is 6.79 Å². The van der Waals surface area contributed by atoms with Crippen molar-refractivity contribution in [2.45, 2.75) is 19.5 Å². The summed E-state index contributed by atoms with van der Waals surface area (Å²) in [5.41, 5.74) is 7.48. The quantitative estimate of drug-likeness (QED) is 0.659. The van der Waals surface area contributed by atoms with Gasteiger partial charge in [-0.05, 0) is 42.3 Å². The average Bonchev–Trinajstić information content (AvgIpc) is 3.07. The molecule has 26 heavy (non-hydrogen) atoms. The van der Waals surface area contributed by atoms with Gasteiger partial charge in [-0.2, -0.15) is 0 Å². The first kappa shape index (κ1) is 17.4. The molecule has 0 spiro atoms. The largest absolute Gasteiger partial charge is 0.454 e. The van der Waals surface area contributed by atoms with Gasteiger partial charge in [0.05, 0.1) is 6.04 Å². The minimum absolute atomic E-state index is 0.200. The molecule has 1 heterocycles. The number of ether oxygens (including phenoxy) is 2. The summed E-state index contributed by atoms with van der Waals surface area (Å²) in [6, 6.07) is 11.5. The Kier molecular flexibility index (Phi) is 5.12. The van der Waals surface area contributed by atoms with Gasteiger partial charge in [-0.3, -0.25) is 0 Å². The van der Waals surface area contributed by atoms with Crippen LogP contribution in [0.4, 0.5) is 15.3 Å². The molecule has 0 fully saturated rings. The summed E-state index contributed by atoms with van der Waals surface area (Å²) in [4.78, 5) is 22.9. The van der Waals surface area contributed by atoms with E-state index in [9.17, 15) is 9.59 Å². The van der Waals surface area contributed by atoms with E-state index >= 15 is 0 Å². The second kappa shape index (κ2) is 7.64. The van der Waals surface area contributed by atoms with Gasteiger partial charge in [0.25, 0.3) is 0 Å². The number of carbonyl (C=O) groups excluding carboxylic acids is 2. The van der Waals surface area contributed by atoms with Gasteiger partial charge in [0.1, 0.15) is 0 Å². The molecule has 0 saturated heterocycles. The third kappa shape index (κ3) is 4.35. The van der Waals surface area contributed by atoms with E-state index in [1.165, 1.54) is 0 Å². The standard InChI is InChI=1S/C18H20N4O4/c1-11(13-3-5-14(6-4-13)22-17(19)23)21-18(24)20-9-12-2-7-15-16(8-12)26-10-25-15/h2-8,11H,9-10H2,1H3,(H3,19,22,23)(H2,20,21,24)/t11-/m1/s1. The van der Waals surface area contributed by atoms with Crippen LogP contribution in [0.2, 0.25) is 0 Å². The minimum Gasteiger partial charge on any atom is -0.454 e. The Labute approximate surface area is 150 Å². The van der Waals surface area contributed by atoms with Gasteiger partial charge in [0.15, 0.2) is 11.5 Å². The third-order valence-corrected chi connectivity index (χ3v) is 3.92. The number of nitrogens with two attached hydrogens (primary N) is 1. The molecule has 0 aliphatic carbocycles. The topological polar surface area (TPSA) is 115 Å². The lowest BCUT2D eigenvalue weighted by molar-refractivity contribution is 0.174. The Morgan fingerprint density at radius 3 is 2.58 bits per heavy atom. The van der Waals surface area contributed by atoms with Crippen LogP contribution < -0.4 is 31.2 Å². The number of carbonyl (C=O) groups is 2. The van der Waals surface area contributed by atoms with Crippen LogP contribution in [-0.2, 0) is 6.54 Å². The maximum Gasteiger partial charge on any atom is 0.316 e. The lowest BCUT2D eigenvalue weighted by atomic mass is 10.1. The monoisotopic (exact) mass is 356 g/mol. The number of hydrogen-bond acceptors (Lipinski definition) is 4. The molecule has 0 saturated carbocycles. The summed E-state index contributed by atoms with van der Waals surface area (Å²) in [5.74, 6) is 1.39. The molecule has 4 amide bonds. The Morgan fingerprint density at radius 1 is 1.12 bits per heavy atom. The second-order valence-corrected chi connectivity index (χ2v) is 5.85. The molecule has 0 bridgehead atoms. The van der Waals surface area contributed by atoms with Crippen LogP contribution in [0.15, 0.2) is 42.5 Å². The first-order chi connectivity index (χ1) is 12.5. The van der Waals surface area contributed by atoms with Crippen LogP contribution in [0, 0.1) is 0 Å². The van der Waals surface area contributed by atoms with E-state index in [1.54, 1.807) is 12.1 Å². The Bertz CT molecular complexity index is 807. The lowest BCUT2D eigenvalue weighted by Gasteiger charge is -2.15.